The van der Waals surface area contributed by atoms with Gasteiger partial charge in [-0.2, -0.15) is 4.98 Å². The number of thioether (sulfide) groups is 1. The number of nitrogens with two attached hydrogens (primary N) is 1. The summed E-state index contributed by atoms with van der Waals surface area (Å²) < 4.78 is 1.68. The van der Waals surface area contributed by atoms with Gasteiger partial charge in [-0.25, -0.2) is 9.50 Å². The fourth-order valence-corrected chi connectivity index (χ4v) is 3.40. The van der Waals surface area contributed by atoms with Crippen molar-refractivity contribution < 1.29 is 14.4 Å². The Balaban J connectivity index is 1.53. The van der Waals surface area contributed by atoms with E-state index >= 15 is 0 Å². The van der Waals surface area contributed by atoms with E-state index in [1.54, 1.807) is 16.6 Å². The Kier molecular flexibility index (Phi) is 6.85. The molecule has 0 aliphatic carbocycles. The number of aromatic nitrogens is 4. The SMILES string of the molecule is CSc1nc2nc(C)c(CCC(=O)NCC(=O)Nc3ccc(C(N)=O)cc3)c(C)n2n1. The van der Waals surface area contributed by atoms with Gasteiger partial charge < -0.3 is 16.4 Å². The monoisotopic (exact) mass is 441 g/mol. The van der Waals surface area contributed by atoms with Gasteiger partial charge in [-0.3, -0.25) is 14.4 Å². The molecular weight excluding hydrogens is 418 g/mol. The molecule has 0 aliphatic heterocycles. The van der Waals surface area contributed by atoms with Crippen molar-refractivity contribution in [1.29, 1.82) is 0 Å². The number of fused-ring (bicyclic) bond motifs is 1. The number of benzene rings is 1. The second kappa shape index (κ2) is 9.56. The van der Waals surface area contributed by atoms with Crippen molar-refractivity contribution in [2.24, 2.45) is 5.73 Å². The zero-order chi connectivity index (χ0) is 22.5. The Morgan fingerprint density at radius 3 is 2.45 bits per heavy atom. The molecule has 0 unspecified atom stereocenters. The summed E-state index contributed by atoms with van der Waals surface area (Å²) in [7, 11) is 0. The van der Waals surface area contributed by atoms with Gasteiger partial charge >= 0.3 is 0 Å². The Morgan fingerprint density at radius 1 is 1.10 bits per heavy atom. The maximum atomic E-state index is 12.2. The second-order valence-corrected chi connectivity index (χ2v) is 7.61. The standard InChI is InChI=1S/C20H23N7O3S/c1-11-15(12(2)27-19(23-11)25-20(26-27)31-3)8-9-16(28)22-10-17(29)24-14-6-4-13(5-7-14)18(21)30/h4-7H,8-10H2,1-3H3,(H2,21,30)(H,22,28)(H,24,29). The predicted octanol–water partition coefficient (Wildman–Crippen LogP) is 1.25. The summed E-state index contributed by atoms with van der Waals surface area (Å²) in [6.07, 6.45) is 2.57. The fraction of sp³-hybridized carbons (Fsp3) is 0.300. The van der Waals surface area contributed by atoms with E-state index in [2.05, 4.69) is 25.7 Å². The molecule has 0 fully saturated rings. The molecule has 162 valence electrons. The zero-order valence-electron chi connectivity index (χ0n) is 17.4. The molecule has 3 amide bonds. The smallest absolute Gasteiger partial charge is 0.253 e. The van der Waals surface area contributed by atoms with Gasteiger partial charge in [0.1, 0.15) is 0 Å². The van der Waals surface area contributed by atoms with Gasteiger partial charge in [-0.05, 0) is 56.4 Å². The average Bonchev–Trinajstić information content (AvgIpc) is 3.15. The molecule has 0 saturated carbocycles. The van der Waals surface area contributed by atoms with Gasteiger partial charge in [0.25, 0.3) is 5.78 Å². The molecule has 11 heteroatoms. The Bertz CT molecular complexity index is 1140. The lowest BCUT2D eigenvalue weighted by Crippen LogP contribution is -2.33. The van der Waals surface area contributed by atoms with Gasteiger partial charge in [-0.1, -0.05) is 11.8 Å². The van der Waals surface area contributed by atoms with E-state index in [1.807, 2.05) is 20.1 Å². The number of hydrogen-bond acceptors (Lipinski definition) is 7. The van der Waals surface area contributed by atoms with Gasteiger partial charge in [0.15, 0.2) is 0 Å². The highest BCUT2D eigenvalue weighted by Crippen LogP contribution is 2.18. The lowest BCUT2D eigenvalue weighted by atomic mass is 10.1. The summed E-state index contributed by atoms with van der Waals surface area (Å²) in [5, 5.41) is 10.3. The van der Waals surface area contributed by atoms with Crippen LogP contribution >= 0.6 is 11.8 Å². The number of amides is 3. The molecule has 4 N–H and O–H groups in total. The highest BCUT2D eigenvalue weighted by molar-refractivity contribution is 7.98. The maximum Gasteiger partial charge on any atom is 0.253 e. The molecule has 2 aromatic heterocycles. The van der Waals surface area contributed by atoms with Crippen LogP contribution in [0.4, 0.5) is 5.69 Å². The van der Waals surface area contributed by atoms with E-state index in [0.717, 1.165) is 17.0 Å². The molecule has 10 nitrogen and oxygen atoms in total. The van der Waals surface area contributed by atoms with Crippen molar-refractivity contribution in [3.8, 4) is 0 Å². The number of carbonyl (C=O) groups is 3. The normalized spacial score (nSPS) is 10.8. The predicted molar refractivity (Wildman–Crippen MR) is 117 cm³/mol. The van der Waals surface area contributed by atoms with Crippen molar-refractivity contribution in [2.45, 2.75) is 31.8 Å². The van der Waals surface area contributed by atoms with Gasteiger partial charge in [0, 0.05) is 29.1 Å². The molecule has 2 heterocycles. The van der Waals surface area contributed by atoms with Gasteiger partial charge in [0.05, 0.1) is 6.54 Å². The third kappa shape index (κ3) is 5.37. The summed E-state index contributed by atoms with van der Waals surface area (Å²) >= 11 is 1.44. The Morgan fingerprint density at radius 2 is 1.81 bits per heavy atom. The van der Waals surface area contributed by atoms with Crippen LogP contribution in [0.1, 0.15) is 33.7 Å². The maximum absolute atomic E-state index is 12.2. The van der Waals surface area contributed by atoms with Gasteiger partial charge in [0.2, 0.25) is 22.9 Å². The molecule has 3 rings (SSSR count). The lowest BCUT2D eigenvalue weighted by molar-refractivity contribution is -0.124. The number of hydrogen-bond donors (Lipinski definition) is 3. The zero-order valence-corrected chi connectivity index (χ0v) is 18.2. The van der Waals surface area contributed by atoms with E-state index in [9.17, 15) is 14.4 Å². The van der Waals surface area contributed by atoms with Crippen LogP contribution in [0.2, 0.25) is 0 Å². The third-order valence-electron chi connectivity index (χ3n) is 4.71. The Labute approximate surface area is 183 Å². The van der Waals surface area contributed by atoms with Crippen molar-refractivity contribution in [1.82, 2.24) is 24.9 Å². The minimum absolute atomic E-state index is 0.161. The first-order valence-corrected chi connectivity index (χ1v) is 10.7. The van der Waals surface area contributed by atoms with Crippen LogP contribution in [-0.4, -0.2) is 50.1 Å². The molecule has 0 aliphatic rings. The van der Waals surface area contributed by atoms with Crippen molar-refractivity contribution in [3.05, 3.63) is 46.8 Å². The first-order chi connectivity index (χ1) is 14.8. The minimum Gasteiger partial charge on any atom is -0.366 e. The summed E-state index contributed by atoms with van der Waals surface area (Å²) in [4.78, 5) is 44.2. The number of carbonyl (C=O) groups excluding carboxylic acids is 3. The molecule has 0 atom stereocenters. The number of nitrogens with one attached hydrogen (secondary N) is 2. The van der Waals surface area contributed by atoms with Crippen LogP contribution in [0.5, 0.6) is 0 Å². The van der Waals surface area contributed by atoms with Crippen LogP contribution in [0.25, 0.3) is 5.78 Å². The number of primary amides is 1. The summed E-state index contributed by atoms with van der Waals surface area (Å²) in [6.45, 7) is 3.64. The first-order valence-electron chi connectivity index (χ1n) is 9.51. The summed E-state index contributed by atoms with van der Waals surface area (Å²) in [5.41, 5.74) is 8.66. The second-order valence-electron chi connectivity index (χ2n) is 6.84. The molecule has 3 aromatic rings. The van der Waals surface area contributed by atoms with Crippen LogP contribution in [0.3, 0.4) is 0 Å². The third-order valence-corrected chi connectivity index (χ3v) is 5.25. The number of aryl methyl sites for hydroxylation is 2. The number of nitrogens with zero attached hydrogens (tertiary/aromatic N) is 4. The van der Waals surface area contributed by atoms with Crippen LogP contribution in [-0.2, 0) is 16.0 Å². The fourth-order valence-electron chi connectivity index (χ4n) is 3.07. The van der Waals surface area contributed by atoms with Crippen LogP contribution in [0, 0.1) is 13.8 Å². The van der Waals surface area contributed by atoms with E-state index in [0.29, 0.717) is 28.6 Å². The average molecular weight is 442 g/mol. The molecule has 1 aromatic carbocycles. The molecule has 0 radical (unpaired) electrons. The van der Waals surface area contributed by atoms with E-state index in [1.165, 1.54) is 23.9 Å². The van der Waals surface area contributed by atoms with Crippen molar-refractivity contribution >= 4 is 40.9 Å². The van der Waals surface area contributed by atoms with Crippen LogP contribution in [0.15, 0.2) is 29.4 Å². The van der Waals surface area contributed by atoms with Crippen molar-refractivity contribution in [2.75, 3.05) is 18.1 Å². The topological polar surface area (TPSA) is 144 Å². The number of rotatable bonds is 8. The van der Waals surface area contributed by atoms with Crippen LogP contribution < -0.4 is 16.4 Å². The quantitative estimate of drug-likeness (QED) is 0.446. The molecule has 0 spiro atoms. The largest absolute Gasteiger partial charge is 0.366 e. The molecular formula is C20H23N7O3S. The molecule has 0 saturated heterocycles. The molecule has 31 heavy (non-hydrogen) atoms. The lowest BCUT2D eigenvalue weighted by Gasteiger charge is -2.11. The van der Waals surface area contributed by atoms with E-state index in [-0.39, 0.29) is 24.8 Å². The van der Waals surface area contributed by atoms with Gasteiger partial charge in [-0.15, -0.1) is 5.10 Å². The summed E-state index contributed by atoms with van der Waals surface area (Å²) in [6, 6.07) is 6.18. The highest BCUT2D eigenvalue weighted by atomic mass is 32.2. The molecule has 0 bridgehead atoms. The first kappa shape index (κ1) is 22.2. The van der Waals surface area contributed by atoms with E-state index in [4.69, 9.17) is 5.73 Å². The Hall–Kier alpha value is -3.47. The number of anilines is 1. The minimum atomic E-state index is -0.543. The summed E-state index contributed by atoms with van der Waals surface area (Å²) in [5.74, 6) is -0.629. The highest BCUT2D eigenvalue weighted by Gasteiger charge is 2.15. The van der Waals surface area contributed by atoms with Crippen molar-refractivity contribution in [3.63, 3.8) is 0 Å². The van der Waals surface area contributed by atoms with E-state index < -0.39 is 5.91 Å².